The molecule has 0 amide bonds. The highest BCUT2D eigenvalue weighted by molar-refractivity contribution is 5.74. The maximum atomic E-state index is 14.4. The van der Waals surface area contributed by atoms with Gasteiger partial charge in [0, 0.05) is 47.7 Å². The summed E-state index contributed by atoms with van der Waals surface area (Å²) < 4.78 is 35.2. The van der Waals surface area contributed by atoms with Crippen LogP contribution in [-0.4, -0.2) is 26.9 Å². The number of ether oxygens (including phenoxy) is 1. The molecule has 2 aromatic carbocycles. The van der Waals surface area contributed by atoms with Crippen LogP contribution in [0.25, 0.3) is 11.1 Å². The van der Waals surface area contributed by atoms with Gasteiger partial charge in [-0.1, -0.05) is 6.07 Å². The zero-order chi connectivity index (χ0) is 22.9. The lowest BCUT2D eigenvalue weighted by molar-refractivity contribution is 0.416. The topological polar surface area (TPSA) is 64.9 Å². The van der Waals surface area contributed by atoms with E-state index in [1.807, 2.05) is 37.3 Å². The van der Waals surface area contributed by atoms with E-state index in [1.54, 1.807) is 18.0 Å². The zero-order valence-corrected chi connectivity index (χ0v) is 18.3. The highest BCUT2D eigenvalue weighted by Crippen LogP contribution is 2.36. The lowest BCUT2D eigenvalue weighted by Gasteiger charge is -2.22. The van der Waals surface area contributed by atoms with Crippen molar-refractivity contribution in [2.24, 2.45) is 0 Å². The highest BCUT2D eigenvalue weighted by Gasteiger charge is 2.28. The van der Waals surface area contributed by atoms with E-state index in [0.29, 0.717) is 29.6 Å². The van der Waals surface area contributed by atoms with Crippen LogP contribution in [0.15, 0.2) is 54.7 Å². The normalized spacial score (nSPS) is 15.2. The Bertz CT molecular complexity index is 1320. The van der Waals surface area contributed by atoms with Gasteiger partial charge in [0.05, 0.1) is 7.11 Å². The molecule has 4 aromatic rings. The van der Waals surface area contributed by atoms with E-state index in [-0.39, 0.29) is 5.92 Å². The van der Waals surface area contributed by atoms with E-state index >= 15 is 0 Å². The molecule has 0 fully saturated rings. The average Bonchev–Trinajstić information content (AvgIpc) is 3.22. The Morgan fingerprint density at radius 3 is 2.76 bits per heavy atom. The van der Waals surface area contributed by atoms with Crippen LogP contribution >= 0.6 is 0 Å². The lowest BCUT2D eigenvalue weighted by Crippen LogP contribution is -2.18. The van der Waals surface area contributed by atoms with Gasteiger partial charge in [-0.2, -0.15) is 4.98 Å². The van der Waals surface area contributed by atoms with E-state index in [2.05, 4.69) is 20.4 Å². The van der Waals surface area contributed by atoms with E-state index in [4.69, 9.17) is 4.74 Å². The van der Waals surface area contributed by atoms with Gasteiger partial charge in [-0.05, 0) is 61.2 Å². The number of benzene rings is 2. The molecule has 0 radical (unpaired) electrons. The number of pyridine rings is 1. The van der Waals surface area contributed by atoms with Crippen molar-refractivity contribution in [3.63, 3.8) is 0 Å². The first-order valence-corrected chi connectivity index (χ1v) is 10.8. The number of methoxy groups -OCH3 is 1. The molecule has 8 heteroatoms. The number of nitrogens with zero attached hydrogens (tertiary/aromatic N) is 4. The number of anilines is 2. The van der Waals surface area contributed by atoms with E-state index in [9.17, 15) is 8.78 Å². The molecule has 1 unspecified atom stereocenters. The summed E-state index contributed by atoms with van der Waals surface area (Å²) in [4.78, 5) is 8.90. The summed E-state index contributed by atoms with van der Waals surface area (Å²) >= 11 is 0. The number of hydrogen-bond acceptors (Lipinski definition) is 5. The summed E-state index contributed by atoms with van der Waals surface area (Å²) in [6, 6.07) is 13.4. The molecule has 0 saturated heterocycles. The van der Waals surface area contributed by atoms with Crippen molar-refractivity contribution in [2.45, 2.75) is 32.2 Å². The van der Waals surface area contributed by atoms with Gasteiger partial charge < -0.3 is 10.1 Å². The summed E-state index contributed by atoms with van der Waals surface area (Å²) in [6.45, 7) is 2.65. The third-order valence-electron chi connectivity index (χ3n) is 5.88. The van der Waals surface area contributed by atoms with Gasteiger partial charge in [-0.3, -0.25) is 4.98 Å². The fourth-order valence-corrected chi connectivity index (χ4v) is 4.33. The predicted molar refractivity (Wildman–Crippen MR) is 122 cm³/mol. The van der Waals surface area contributed by atoms with Gasteiger partial charge in [-0.15, -0.1) is 5.10 Å². The number of hydrogen-bond donors (Lipinski definition) is 1. The highest BCUT2D eigenvalue weighted by atomic mass is 19.1. The third kappa shape index (κ3) is 4.16. The average molecular weight is 447 g/mol. The SMILES string of the molecule is COc1cc(Nc2nc3n(n2)CCCC3c2ccc(F)cc2F)ccc1-c1ccnc(C)c1. The number of rotatable bonds is 5. The van der Waals surface area contributed by atoms with Crippen molar-refractivity contribution < 1.29 is 13.5 Å². The van der Waals surface area contributed by atoms with Crippen LogP contribution in [-0.2, 0) is 6.54 Å². The van der Waals surface area contributed by atoms with Crippen LogP contribution < -0.4 is 10.1 Å². The molecule has 33 heavy (non-hydrogen) atoms. The monoisotopic (exact) mass is 447 g/mol. The van der Waals surface area contributed by atoms with Crippen molar-refractivity contribution in [2.75, 3.05) is 12.4 Å². The Balaban J connectivity index is 1.43. The van der Waals surface area contributed by atoms with Crippen LogP contribution in [0.5, 0.6) is 5.75 Å². The molecule has 5 rings (SSSR count). The first-order chi connectivity index (χ1) is 16.0. The minimum absolute atomic E-state index is 0.269. The molecule has 0 saturated carbocycles. The number of nitrogens with one attached hydrogen (secondary N) is 1. The van der Waals surface area contributed by atoms with Crippen LogP contribution in [0.4, 0.5) is 20.4 Å². The molecule has 0 bridgehead atoms. The maximum absolute atomic E-state index is 14.4. The first-order valence-electron chi connectivity index (χ1n) is 10.8. The summed E-state index contributed by atoms with van der Waals surface area (Å²) in [5.74, 6) is 0.391. The third-order valence-corrected chi connectivity index (χ3v) is 5.88. The van der Waals surface area contributed by atoms with Gasteiger partial charge in [0.2, 0.25) is 5.95 Å². The Hall–Kier alpha value is -3.81. The minimum atomic E-state index is -0.588. The van der Waals surface area contributed by atoms with Gasteiger partial charge >= 0.3 is 0 Å². The van der Waals surface area contributed by atoms with Crippen LogP contribution in [0.1, 0.15) is 35.8 Å². The van der Waals surface area contributed by atoms with Crippen molar-refractivity contribution in [1.29, 1.82) is 0 Å². The van der Waals surface area contributed by atoms with Crippen LogP contribution in [0.3, 0.4) is 0 Å². The van der Waals surface area contributed by atoms with Crippen molar-refractivity contribution >= 4 is 11.6 Å². The Kier molecular flexibility index (Phi) is 5.50. The van der Waals surface area contributed by atoms with Gasteiger partial charge in [-0.25, -0.2) is 13.5 Å². The molecule has 1 aliphatic heterocycles. The van der Waals surface area contributed by atoms with Gasteiger partial charge in [0.1, 0.15) is 23.2 Å². The molecule has 3 heterocycles. The number of halogens is 2. The molecule has 168 valence electrons. The Labute approximate surface area is 190 Å². The first kappa shape index (κ1) is 21.1. The maximum Gasteiger partial charge on any atom is 0.246 e. The molecule has 1 atom stereocenters. The molecular formula is C25H23F2N5O. The summed E-state index contributed by atoms with van der Waals surface area (Å²) in [5, 5.41) is 7.80. The van der Waals surface area contributed by atoms with Gasteiger partial charge in [0.15, 0.2) is 0 Å². The zero-order valence-electron chi connectivity index (χ0n) is 18.3. The molecule has 1 aliphatic rings. The summed E-state index contributed by atoms with van der Waals surface area (Å²) in [6.07, 6.45) is 3.34. The summed E-state index contributed by atoms with van der Waals surface area (Å²) in [5.41, 5.74) is 4.11. The van der Waals surface area contributed by atoms with Crippen LogP contribution in [0.2, 0.25) is 0 Å². The van der Waals surface area contributed by atoms with E-state index in [0.717, 1.165) is 41.4 Å². The van der Waals surface area contributed by atoms with Crippen molar-refractivity contribution in [3.8, 4) is 16.9 Å². The fraction of sp³-hybridized carbons (Fsp3) is 0.240. The smallest absolute Gasteiger partial charge is 0.246 e. The molecule has 6 nitrogen and oxygen atoms in total. The standard InChI is InChI=1S/C25H23F2N5O/c1-15-12-16(9-10-28-15)19-8-6-18(14-23(19)33-2)29-25-30-24-21(4-3-11-32(24)31-25)20-7-5-17(26)13-22(20)27/h5-10,12-14,21H,3-4,11H2,1-2H3,(H,29,31). The largest absolute Gasteiger partial charge is 0.496 e. The second-order valence-corrected chi connectivity index (χ2v) is 8.10. The molecule has 1 N–H and O–H groups in total. The quantitative estimate of drug-likeness (QED) is 0.431. The van der Waals surface area contributed by atoms with Crippen LogP contribution in [0, 0.1) is 18.6 Å². The number of aryl methyl sites for hydroxylation is 2. The fourth-order valence-electron chi connectivity index (χ4n) is 4.33. The second kappa shape index (κ2) is 8.61. The Morgan fingerprint density at radius 1 is 1.09 bits per heavy atom. The van der Waals surface area contributed by atoms with E-state index < -0.39 is 11.6 Å². The van der Waals surface area contributed by atoms with Gasteiger partial charge in [0.25, 0.3) is 0 Å². The Morgan fingerprint density at radius 2 is 1.97 bits per heavy atom. The lowest BCUT2D eigenvalue weighted by atomic mass is 9.91. The molecular weight excluding hydrogens is 424 g/mol. The van der Waals surface area contributed by atoms with E-state index in [1.165, 1.54) is 12.1 Å². The second-order valence-electron chi connectivity index (χ2n) is 8.10. The number of fused-ring (bicyclic) bond motifs is 1. The minimum Gasteiger partial charge on any atom is -0.496 e. The molecule has 0 spiro atoms. The van der Waals surface area contributed by atoms with Crippen molar-refractivity contribution in [3.05, 3.63) is 83.4 Å². The predicted octanol–water partition coefficient (Wildman–Crippen LogP) is 5.60. The molecule has 0 aliphatic carbocycles. The number of aromatic nitrogens is 4. The molecule has 2 aromatic heterocycles. The van der Waals surface area contributed by atoms with Crippen molar-refractivity contribution in [1.82, 2.24) is 19.7 Å². The summed E-state index contributed by atoms with van der Waals surface area (Å²) in [7, 11) is 1.63.